The molecule has 0 aromatic carbocycles. The number of hydrogen-bond donors (Lipinski definition) is 0. The van der Waals surface area contributed by atoms with Gasteiger partial charge in [-0.05, 0) is 18.2 Å². The molecule has 0 atom stereocenters. The van der Waals surface area contributed by atoms with Crippen molar-refractivity contribution in [3.8, 4) is 0 Å². The molecule has 1 aliphatic rings. The molecule has 0 unspecified atom stereocenters. The molecule has 1 saturated heterocycles. The summed E-state index contributed by atoms with van der Waals surface area (Å²) in [5, 5.41) is 12.8. The number of rotatable bonds is 3. The molecule has 0 amide bonds. The summed E-state index contributed by atoms with van der Waals surface area (Å²) in [4.78, 5) is 11.2. The fourth-order valence-electron chi connectivity index (χ4n) is 2.87. The van der Waals surface area contributed by atoms with Gasteiger partial charge in [0.15, 0.2) is 17.3 Å². The fraction of sp³-hybridized carbons (Fsp3) is 0.375. The van der Waals surface area contributed by atoms with Crippen molar-refractivity contribution in [1.82, 2.24) is 24.8 Å². The number of nitrogens with zero attached hydrogens (tertiary/aromatic N) is 8. The first-order valence-electron chi connectivity index (χ1n) is 8.02. The maximum atomic E-state index is 4.66. The van der Waals surface area contributed by atoms with E-state index in [1.807, 2.05) is 49.5 Å². The second kappa shape index (κ2) is 5.95. The highest BCUT2D eigenvalue weighted by molar-refractivity contribution is 5.50. The van der Waals surface area contributed by atoms with E-state index in [1.165, 1.54) is 0 Å². The summed E-state index contributed by atoms with van der Waals surface area (Å²) in [6.45, 7) is 3.63. The zero-order chi connectivity index (χ0) is 16.5. The highest BCUT2D eigenvalue weighted by atomic mass is 15.4. The van der Waals surface area contributed by atoms with E-state index in [4.69, 9.17) is 0 Å². The number of anilines is 3. The lowest BCUT2D eigenvalue weighted by molar-refractivity contribution is 0.637. The summed E-state index contributed by atoms with van der Waals surface area (Å²) in [6, 6.07) is 7.97. The second-order valence-electron chi connectivity index (χ2n) is 6.04. The lowest BCUT2D eigenvalue weighted by Crippen LogP contribution is -2.47. The Kier molecular flexibility index (Phi) is 3.64. The van der Waals surface area contributed by atoms with Gasteiger partial charge >= 0.3 is 0 Å². The lowest BCUT2D eigenvalue weighted by atomic mass is 10.3. The Morgan fingerprint density at radius 1 is 0.875 bits per heavy atom. The first-order chi connectivity index (χ1) is 11.7. The number of hydrogen-bond acceptors (Lipinski definition) is 7. The third-order valence-corrected chi connectivity index (χ3v) is 4.27. The van der Waals surface area contributed by atoms with Crippen molar-refractivity contribution in [3.63, 3.8) is 0 Å². The van der Waals surface area contributed by atoms with Crippen molar-refractivity contribution in [2.75, 3.05) is 55.0 Å². The Balaban J connectivity index is 1.44. The van der Waals surface area contributed by atoms with Crippen LogP contribution in [0.3, 0.4) is 0 Å². The Hall–Kier alpha value is -2.90. The average Bonchev–Trinajstić information content (AvgIpc) is 3.09. The molecule has 0 bridgehead atoms. The molecule has 1 fully saturated rings. The van der Waals surface area contributed by atoms with E-state index >= 15 is 0 Å². The van der Waals surface area contributed by atoms with Crippen LogP contribution in [0.4, 0.5) is 17.5 Å². The van der Waals surface area contributed by atoms with Gasteiger partial charge in [-0.15, -0.1) is 10.2 Å². The molecule has 0 saturated carbocycles. The minimum atomic E-state index is 0.871. The van der Waals surface area contributed by atoms with Gasteiger partial charge in [0.2, 0.25) is 0 Å². The Morgan fingerprint density at radius 2 is 1.62 bits per heavy atom. The minimum Gasteiger partial charge on any atom is -0.361 e. The largest absolute Gasteiger partial charge is 0.361 e. The summed E-state index contributed by atoms with van der Waals surface area (Å²) in [5.41, 5.74) is 0.875. The van der Waals surface area contributed by atoms with Crippen molar-refractivity contribution >= 4 is 23.1 Å². The molecule has 0 spiro atoms. The molecule has 0 radical (unpaired) electrons. The van der Waals surface area contributed by atoms with Crippen molar-refractivity contribution in [2.24, 2.45) is 0 Å². The minimum absolute atomic E-state index is 0.871. The summed E-state index contributed by atoms with van der Waals surface area (Å²) < 4.78 is 1.78. The molecular formula is C16H20N8. The molecule has 4 heterocycles. The molecular weight excluding hydrogens is 304 g/mol. The molecule has 124 valence electrons. The first-order valence-corrected chi connectivity index (χ1v) is 8.02. The first kappa shape index (κ1) is 14.7. The van der Waals surface area contributed by atoms with E-state index in [2.05, 4.69) is 30.1 Å². The predicted molar refractivity (Wildman–Crippen MR) is 93.8 cm³/mol. The number of fused-ring (bicyclic) bond motifs is 1. The monoisotopic (exact) mass is 324 g/mol. The second-order valence-corrected chi connectivity index (χ2v) is 6.04. The summed E-state index contributed by atoms with van der Waals surface area (Å²) in [7, 11) is 3.93. The highest BCUT2D eigenvalue weighted by Gasteiger charge is 2.19. The van der Waals surface area contributed by atoms with E-state index in [9.17, 15) is 0 Å². The molecule has 0 N–H and O–H groups in total. The maximum Gasteiger partial charge on any atom is 0.157 e. The number of piperazine rings is 1. The Morgan fingerprint density at radius 3 is 2.29 bits per heavy atom. The normalized spacial score (nSPS) is 15.1. The maximum absolute atomic E-state index is 4.66. The van der Waals surface area contributed by atoms with E-state index in [1.54, 1.807) is 10.7 Å². The molecule has 4 rings (SSSR count). The lowest BCUT2D eigenvalue weighted by Gasteiger charge is -2.35. The van der Waals surface area contributed by atoms with Gasteiger partial charge in [-0.25, -0.2) is 9.50 Å². The van der Waals surface area contributed by atoms with Gasteiger partial charge in [0.05, 0.1) is 6.20 Å². The zero-order valence-electron chi connectivity index (χ0n) is 13.9. The van der Waals surface area contributed by atoms with Crippen molar-refractivity contribution in [1.29, 1.82) is 0 Å². The van der Waals surface area contributed by atoms with Crippen molar-refractivity contribution in [2.45, 2.75) is 0 Å². The fourth-order valence-corrected chi connectivity index (χ4v) is 2.87. The Bertz CT molecular complexity index is 817. The quantitative estimate of drug-likeness (QED) is 0.709. The third-order valence-electron chi connectivity index (χ3n) is 4.27. The van der Waals surface area contributed by atoms with Gasteiger partial charge < -0.3 is 14.7 Å². The van der Waals surface area contributed by atoms with Crippen LogP contribution in [0.5, 0.6) is 0 Å². The van der Waals surface area contributed by atoms with Gasteiger partial charge in [0.1, 0.15) is 5.82 Å². The molecule has 1 aliphatic heterocycles. The van der Waals surface area contributed by atoms with Crippen LogP contribution in [0.1, 0.15) is 0 Å². The van der Waals surface area contributed by atoms with Gasteiger partial charge in [-0.1, -0.05) is 0 Å². The molecule has 0 aliphatic carbocycles. The van der Waals surface area contributed by atoms with Crippen LogP contribution in [-0.4, -0.2) is 65.1 Å². The SMILES string of the molecule is CN(C)c1ccc(N2CCN(c3ccn4nccc4n3)CC2)nn1. The van der Waals surface area contributed by atoms with Crippen LogP contribution in [0.25, 0.3) is 5.65 Å². The van der Waals surface area contributed by atoms with E-state index < -0.39 is 0 Å². The van der Waals surface area contributed by atoms with Gasteiger partial charge in [0.25, 0.3) is 0 Å². The standard InChI is InChI=1S/C16H20N8/c1-21(2)15-3-4-16(20-19-15)23-11-9-22(10-12-23)13-6-8-24-14(18-13)5-7-17-24/h3-8H,9-12H2,1-2H3. The summed E-state index contributed by atoms with van der Waals surface area (Å²) in [5.74, 6) is 2.80. The molecule has 3 aromatic rings. The van der Waals surface area contributed by atoms with Crippen LogP contribution in [0.2, 0.25) is 0 Å². The predicted octanol–water partition coefficient (Wildman–Crippen LogP) is 0.912. The zero-order valence-corrected chi connectivity index (χ0v) is 13.9. The third kappa shape index (κ3) is 2.70. The molecule has 8 nitrogen and oxygen atoms in total. The van der Waals surface area contributed by atoms with E-state index in [-0.39, 0.29) is 0 Å². The van der Waals surface area contributed by atoms with Gasteiger partial charge in [-0.3, -0.25) is 0 Å². The van der Waals surface area contributed by atoms with Gasteiger partial charge in [0, 0.05) is 52.5 Å². The van der Waals surface area contributed by atoms with Crippen LogP contribution >= 0.6 is 0 Å². The topological polar surface area (TPSA) is 65.7 Å². The van der Waals surface area contributed by atoms with Gasteiger partial charge in [-0.2, -0.15) is 5.10 Å². The summed E-state index contributed by atoms with van der Waals surface area (Å²) >= 11 is 0. The molecule has 24 heavy (non-hydrogen) atoms. The van der Waals surface area contributed by atoms with Crippen LogP contribution < -0.4 is 14.7 Å². The van der Waals surface area contributed by atoms with Crippen LogP contribution in [0, 0.1) is 0 Å². The van der Waals surface area contributed by atoms with E-state index in [0.29, 0.717) is 0 Å². The smallest absolute Gasteiger partial charge is 0.157 e. The number of aromatic nitrogens is 5. The van der Waals surface area contributed by atoms with Crippen molar-refractivity contribution in [3.05, 3.63) is 36.7 Å². The highest BCUT2D eigenvalue weighted by Crippen LogP contribution is 2.18. The average molecular weight is 324 g/mol. The Labute approximate surface area is 140 Å². The van der Waals surface area contributed by atoms with Crippen LogP contribution in [0.15, 0.2) is 36.7 Å². The molecule has 3 aromatic heterocycles. The summed E-state index contributed by atoms with van der Waals surface area (Å²) in [6.07, 6.45) is 3.72. The molecule has 8 heteroatoms. The van der Waals surface area contributed by atoms with Crippen molar-refractivity contribution < 1.29 is 0 Å². The van der Waals surface area contributed by atoms with E-state index in [0.717, 1.165) is 49.3 Å². The van der Waals surface area contributed by atoms with Crippen LogP contribution in [-0.2, 0) is 0 Å².